The Kier molecular flexibility index (Phi) is 6.60. The summed E-state index contributed by atoms with van der Waals surface area (Å²) in [5, 5.41) is 3.96. The Bertz CT molecular complexity index is 1350. The van der Waals surface area contributed by atoms with Crippen molar-refractivity contribution in [3.63, 3.8) is 0 Å². The molecule has 1 amide bonds. The van der Waals surface area contributed by atoms with Gasteiger partial charge >= 0.3 is 0 Å². The summed E-state index contributed by atoms with van der Waals surface area (Å²) in [7, 11) is 0. The number of morpholine rings is 1. The molecular weight excluding hydrogens is 448 g/mol. The fourth-order valence-corrected chi connectivity index (χ4v) is 4.73. The number of carbonyl (C=O) groups excluding carboxylic acids is 1. The van der Waals surface area contributed by atoms with E-state index in [2.05, 4.69) is 15.2 Å². The minimum Gasteiger partial charge on any atom is -0.378 e. The van der Waals surface area contributed by atoms with E-state index in [9.17, 15) is 9.59 Å². The standard InChI is InChI=1S/C26H24N4O3S/c31-24(27-19-10-12-20(13-11-19)29-14-16-33-17-15-29)18-34-26-28-23-9-5-4-8-22(23)25(32)30(26)21-6-2-1-3-7-21/h1-13H,14-18H2,(H,27,31). The number of benzene rings is 3. The summed E-state index contributed by atoms with van der Waals surface area (Å²) in [4.78, 5) is 32.9. The SMILES string of the molecule is O=C(CSc1nc2ccccc2c(=O)n1-c1ccccc1)Nc1ccc(N2CCOCC2)cc1. The average Bonchev–Trinajstić information content (AvgIpc) is 2.89. The molecule has 34 heavy (non-hydrogen) atoms. The van der Waals surface area contributed by atoms with Gasteiger partial charge < -0.3 is 15.0 Å². The second-order valence-electron chi connectivity index (χ2n) is 7.87. The lowest BCUT2D eigenvalue weighted by molar-refractivity contribution is -0.113. The van der Waals surface area contributed by atoms with Gasteiger partial charge in [0.2, 0.25) is 5.91 Å². The monoisotopic (exact) mass is 472 g/mol. The predicted molar refractivity (Wildman–Crippen MR) is 136 cm³/mol. The van der Waals surface area contributed by atoms with E-state index in [1.165, 1.54) is 11.8 Å². The summed E-state index contributed by atoms with van der Waals surface area (Å²) in [6, 6.07) is 24.4. The Morgan fingerprint density at radius 3 is 2.38 bits per heavy atom. The third-order valence-electron chi connectivity index (χ3n) is 5.62. The van der Waals surface area contributed by atoms with Crippen molar-refractivity contribution in [2.45, 2.75) is 5.16 Å². The summed E-state index contributed by atoms with van der Waals surface area (Å²) in [6.45, 7) is 3.19. The molecule has 0 aliphatic carbocycles. The zero-order chi connectivity index (χ0) is 23.3. The normalized spacial score (nSPS) is 13.7. The number of para-hydroxylation sites is 2. The van der Waals surface area contributed by atoms with Gasteiger partial charge in [-0.15, -0.1) is 0 Å². The van der Waals surface area contributed by atoms with E-state index in [1.54, 1.807) is 10.6 Å². The molecule has 0 radical (unpaired) electrons. The summed E-state index contributed by atoms with van der Waals surface area (Å²) < 4.78 is 6.97. The lowest BCUT2D eigenvalue weighted by atomic mass is 10.2. The number of anilines is 2. The summed E-state index contributed by atoms with van der Waals surface area (Å²) >= 11 is 1.24. The molecule has 0 saturated carbocycles. The molecule has 172 valence electrons. The van der Waals surface area contributed by atoms with Crippen molar-refractivity contribution in [3.8, 4) is 5.69 Å². The van der Waals surface area contributed by atoms with E-state index in [-0.39, 0.29) is 17.2 Å². The van der Waals surface area contributed by atoms with Crippen molar-refractivity contribution in [2.24, 2.45) is 0 Å². The van der Waals surface area contributed by atoms with Crippen LogP contribution in [-0.4, -0.2) is 47.5 Å². The van der Waals surface area contributed by atoms with Crippen LogP contribution in [0.5, 0.6) is 0 Å². The molecule has 3 aromatic carbocycles. The molecule has 1 fully saturated rings. The van der Waals surface area contributed by atoms with Gasteiger partial charge in [-0.05, 0) is 48.5 Å². The van der Waals surface area contributed by atoms with Gasteiger partial charge in [-0.3, -0.25) is 14.2 Å². The second kappa shape index (κ2) is 10.1. The lowest BCUT2D eigenvalue weighted by Gasteiger charge is -2.28. The van der Waals surface area contributed by atoms with Crippen LogP contribution in [0.3, 0.4) is 0 Å². The van der Waals surface area contributed by atoms with Crippen molar-refractivity contribution in [1.82, 2.24) is 9.55 Å². The molecule has 1 aliphatic heterocycles. The number of thioether (sulfide) groups is 1. The van der Waals surface area contributed by atoms with Crippen LogP contribution in [0.25, 0.3) is 16.6 Å². The van der Waals surface area contributed by atoms with Gasteiger partial charge in [0.15, 0.2) is 5.16 Å². The molecule has 1 aliphatic rings. The number of hydrogen-bond acceptors (Lipinski definition) is 6. The molecule has 0 bridgehead atoms. The van der Waals surface area contributed by atoms with Crippen molar-refractivity contribution in [3.05, 3.63) is 89.2 Å². The van der Waals surface area contributed by atoms with Crippen molar-refractivity contribution in [2.75, 3.05) is 42.3 Å². The van der Waals surface area contributed by atoms with E-state index in [4.69, 9.17) is 4.74 Å². The van der Waals surface area contributed by atoms with Crippen LogP contribution in [0, 0.1) is 0 Å². The van der Waals surface area contributed by atoms with E-state index in [0.717, 1.165) is 37.7 Å². The first kappa shape index (κ1) is 22.2. The number of fused-ring (bicyclic) bond motifs is 1. The first-order valence-electron chi connectivity index (χ1n) is 11.1. The number of aromatic nitrogens is 2. The molecule has 1 saturated heterocycles. The second-order valence-corrected chi connectivity index (χ2v) is 8.81. The summed E-state index contributed by atoms with van der Waals surface area (Å²) in [6.07, 6.45) is 0. The maximum atomic E-state index is 13.2. The fourth-order valence-electron chi connectivity index (χ4n) is 3.92. The topological polar surface area (TPSA) is 76.5 Å². The van der Waals surface area contributed by atoms with E-state index in [0.29, 0.717) is 21.7 Å². The van der Waals surface area contributed by atoms with Crippen LogP contribution >= 0.6 is 11.8 Å². The van der Waals surface area contributed by atoms with Gasteiger partial charge in [-0.2, -0.15) is 0 Å². The van der Waals surface area contributed by atoms with E-state index in [1.807, 2.05) is 72.8 Å². The Morgan fingerprint density at radius 2 is 1.62 bits per heavy atom. The number of hydrogen-bond donors (Lipinski definition) is 1. The highest BCUT2D eigenvalue weighted by Crippen LogP contribution is 2.23. The Labute approximate surface area is 201 Å². The van der Waals surface area contributed by atoms with Gasteiger partial charge in [-0.25, -0.2) is 4.98 Å². The largest absolute Gasteiger partial charge is 0.378 e. The number of nitrogens with one attached hydrogen (secondary N) is 1. The molecule has 4 aromatic rings. The minimum absolute atomic E-state index is 0.128. The van der Waals surface area contributed by atoms with Gasteiger partial charge in [0, 0.05) is 24.5 Å². The third kappa shape index (κ3) is 4.83. The highest BCUT2D eigenvalue weighted by molar-refractivity contribution is 7.99. The van der Waals surface area contributed by atoms with E-state index < -0.39 is 0 Å². The van der Waals surface area contributed by atoms with Crippen LogP contribution in [0.15, 0.2) is 88.8 Å². The first-order chi connectivity index (χ1) is 16.7. The number of amides is 1. The highest BCUT2D eigenvalue weighted by atomic mass is 32.2. The fraction of sp³-hybridized carbons (Fsp3) is 0.192. The Hall–Kier alpha value is -3.62. The predicted octanol–water partition coefficient (Wildman–Crippen LogP) is 3.95. The molecule has 1 aromatic heterocycles. The number of nitrogens with zero attached hydrogens (tertiary/aromatic N) is 3. The smallest absolute Gasteiger partial charge is 0.266 e. The molecular formula is C26H24N4O3S. The zero-order valence-corrected chi connectivity index (χ0v) is 19.3. The number of ether oxygens (including phenoxy) is 1. The van der Waals surface area contributed by atoms with Crippen LogP contribution in [0.2, 0.25) is 0 Å². The number of carbonyl (C=O) groups is 1. The summed E-state index contributed by atoms with van der Waals surface area (Å²) in [5.74, 6) is -0.0332. The highest BCUT2D eigenvalue weighted by Gasteiger charge is 2.15. The van der Waals surface area contributed by atoms with Crippen LogP contribution < -0.4 is 15.8 Å². The van der Waals surface area contributed by atoms with E-state index >= 15 is 0 Å². The molecule has 5 rings (SSSR count). The van der Waals surface area contributed by atoms with Crippen LogP contribution in [0.4, 0.5) is 11.4 Å². The molecule has 1 N–H and O–H groups in total. The van der Waals surface area contributed by atoms with Crippen LogP contribution in [0.1, 0.15) is 0 Å². The summed E-state index contributed by atoms with van der Waals surface area (Å²) in [5.41, 5.74) is 3.02. The maximum absolute atomic E-state index is 13.2. The average molecular weight is 473 g/mol. The third-order valence-corrected chi connectivity index (χ3v) is 6.56. The van der Waals surface area contributed by atoms with Gasteiger partial charge in [-0.1, -0.05) is 42.1 Å². The number of rotatable bonds is 6. The molecule has 0 atom stereocenters. The van der Waals surface area contributed by atoms with Gasteiger partial charge in [0.25, 0.3) is 5.56 Å². The minimum atomic E-state index is -0.161. The Balaban J connectivity index is 1.32. The molecule has 8 heteroatoms. The Morgan fingerprint density at radius 1 is 0.912 bits per heavy atom. The zero-order valence-electron chi connectivity index (χ0n) is 18.5. The quantitative estimate of drug-likeness (QED) is 0.338. The van der Waals surface area contributed by atoms with Gasteiger partial charge in [0.05, 0.1) is 35.6 Å². The van der Waals surface area contributed by atoms with Gasteiger partial charge in [0.1, 0.15) is 0 Å². The molecule has 0 spiro atoms. The van der Waals surface area contributed by atoms with Crippen molar-refractivity contribution >= 4 is 39.9 Å². The molecule has 0 unspecified atom stereocenters. The first-order valence-corrected chi connectivity index (χ1v) is 12.1. The molecule has 7 nitrogen and oxygen atoms in total. The molecule has 2 heterocycles. The van der Waals surface area contributed by atoms with Crippen molar-refractivity contribution in [1.29, 1.82) is 0 Å². The maximum Gasteiger partial charge on any atom is 0.266 e. The van der Waals surface area contributed by atoms with Crippen molar-refractivity contribution < 1.29 is 9.53 Å². The lowest BCUT2D eigenvalue weighted by Crippen LogP contribution is -2.36. The van der Waals surface area contributed by atoms with Crippen LogP contribution in [-0.2, 0) is 9.53 Å².